The van der Waals surface area contributed by atoms with E-state index in [0.717, 1.165) is 0 Å². The fourth-order valence-electron chi connectivity index (χ4n) is 3.60. The molecule has 2 aliphatic rings. The van der Waals surface area contributed by atoms with Crippen molar-refractivity contribution in [2.75, 3.05) is 6.61 Å². The molecular formula is C20H22N2O4. The highest BCUT2D eigenvalue weighted by molar-refractivity contribution is 6.00. The Bertz CT molecular complexity index is 874. The van der Waals surface area contributed by atoms with E-state index < -0.39 is 5.92 Å². The molecule has 0 radical (unpaired) electrons. The molecule has 3 N–H and O–H groups in total. The summed E-state index contributed by atoms with van der Waals surface area (Å²) in [5, 5.41) is 19.6. The van der Waals surface area contributed by atoms with Crippen molar-refractivity contribution in [1.82, 2.24) is 0 Å². The number of Topliss-reactive ketones (excluding diaryl/α,β-unsaturated/α-hetero) is 1. The van der Waals surface area contributed by atoms with E-state index in [1.807, 2.05) is 20.8 Å². The van der Waals surface area contributed by atoms with E-state index in [9.17, 15) is 15.2 Å². The zero-order chi connectivity index (χ0) is 19.1. The van der Waals surface area contributed by atoms with Gasteiger partial charge in [0.25, 0.3) is 0 Å². The average Bonchev–Trinajstić information content (AvgIpc) is 2.54. The van der Waals surface area contributed by atoms with Crippen molar-refractivity contribution in [1.29, 1.82) is 5.26 Å². The van der Waals surface area contributed by atoms with Gasteiger partial charge < -0.3 is 20.3 Å². The Morgan fingerprint density at radius 3 is 2.81 bits per heavy atom. The molecule has 1 aliphatic carbocycles. The number of nitriles is 1. The molecule has 1 atom stereocenters. The molecule has 0 amide bonds. The third kappa shape index (κ3) is 3.01. The van der Waals surface area contributed by atoms with Gasteiger partial charge in [0.1, 0.15) is 17.4 Å². The highest BCUT2D eigenvalue weighted by Gasteiger charge is 2.43. The molecular weight excluding hydrogens is 332 g/mol. The third-order valence-electron chi connectivity index (χ3n) is 4.69. The molecule has 136 valence electrons. The van der Waals surface area contributed by atoms with Gasteiger partial charge in [-0.05, 0) is 30.0 Å². The lowest BCUT2D eigenvalue weighted by molar-refractivity contribution is -0.119. The summed E-state index contributed by atoms with van der Waals surface area (Å²) in [6.07, 6.45) is 0.946. The smallest absolute Gasteiger partial charge is 0.205 e. The molecule has 3 rings (SSSR count). The zero-order valence-electron chi connectivity index (χ0n) is 15.1. The van der Waals surface area contributed by atoms with Gasteiger partial charge in [-0.3, -0.25) is 4.79 Å². The van der Waals surface area contributed by atoms with Crippen molar-refractivity contribution in [2.24, 2.45) is 11.1 Å². The lowest BCUT2D eigenvalue weighted by atomic mass is 9.70. The molecule has 26 heavy (non-hydrogen) atoms. The van der Waals surface area contributed by atoms with Crippen molar-refractivity contribution < 1.29 is 19.4 Å². The summed E-state index contributed by atoms with van der Waals surface area (Å²) in [6, 6.07) is 6.91. The van der Waals surface area contributed by atoms with E-state index in [2.05, 4.69) is 6.07 Å². The molecule has 6 heteroatoms. The Morgan fingerprint density at radius 1 is 1.42 bits per heavy atom. The Balaban J connectivity index is 2.17. The number of phenolic OH excluding ortho intramolecular Hbond substituents is 1. The van der Waals surface area contributed by atoms with Crippen molar-refractivity contribution in [3.63, 3.8) is 0 Å². The van der Waals surface area contributed by atoms with Crippen LogP contribution in [0.5, 0.6) is 11.5 Å². The third-order valence-corrected chi connectivity index (χ3v) is 4.69. The fraction of sp³-hybridized carbons (Fsp3) is 0.400. The monoisotopic (exact) mass is 354 g/mol. The van der Waals surface area contributed by atoms with Crippen molar-refractivity contribution in [2.45, 2.75) is 39.5 Å². The second-order valence-electron chi connectivity index (χ2n) is 7.36. The van der Waals surface area contributed by atoms with E-state index in [1.54, 1.807) is 12.1 Å². The van der Waals surface area contributed by atoms with Crippen LogP contribution < -0.4 is 10.5 Å². The second kappa shape index (κ2) is 6.41. The predicted molar refractivity (Wildman–Crippen MR) is 95.0 cm³/mol. The highest BCUT2D eigenvalue weighted by Crippen LogP contribution is 2.48. The van der Waals surface area contributed by atoms with Gasteiger partial charge in [-0.25, -0.2) is 0 Å². The van der Waals surface area contributed by atoms with Crippen LogP contribution in [-0.4, -0.2) is 17.5 Å². The summed E-state index contributed by atoms with van der Waals surface area (Å²) >= 11 is 0. The number of benzene rings is 1. The molecule has 0 aromatic heterocycles. The van der Waals surface area contributed by atoms with Crippen LogP contribution in [0.1, 0.15) is 45.1 Å². The van der Waals surface area contributed by atoms with Crippen molar-refractivity contribution in [3.8, 4) is 17.6 Å². The standard InChI is InChI=1S/C20H22N2O4/c1-4-25-15-7-11(5-6-13(15)23)17-12(10-21)19(22)26-16-9-20(2,3)8-14(24)18(16)17/h5-7,17,23H,4,8-9,22H2,1-3H3. The van der Waals surface area contributed by atoms with Crippen LogP contribution in [0, 0.1) is 16.7 Å². The molecule has 0 bridgehead atoms. The summed E-state index contributed by atoms with van der Waals surface area (Å²) < 4.78 is 11.1. The number of hydrogen-bond donors (Lipinski definition) is 2. The fourth-order valence-corrected chi connectivity index (χ4v) is 3.60. The largest absolute Gasteiger partial charge is 0.504 e. The van der Waals surface area contributed by atoms with Gasteiger partial charge in [0.15, 0.2) is 17.3 Å². The number of nitrogens with zero attached hydrogens (tertiary/aromatic N) is 1. The summed E-state index contributed by atoms with van der Waals surface area (Å²) in [5.41, 5.74) is 7.10. The van der Waals surface area contributed by atoms with Crippen LogP contribution in [0.25, 0.3) is 0 Å². The number of hydrogen-bond acceptors (Lipinski definition) is 6. The molecule has 6 nitrogen and oxygen atoms in total. The summed E-state index contributed by atoms with van der Waals surface area (Å²) in [6.45, 7) is 6.20. The minimum Gasteiger partial charge on any atom is -0.504 e. The Morgan fingerprint density at radius 2 is 2.15 bits per heavy atom. The van der Waals surface area contributed by atoms with Crippen LogP contribution in [0.4, 0.5) is 0 Å². The maximum Gasteiger partial charge on any atom is 0.205 e. The highest BCUT2D eigenvalue weighted by atomic mass is 16.5. The van der Waals surface area contributed by atoms with Crippen molar-refractivity contribution in [3.05, 3.63) is 46.6 Å². The van der Waals surface area contributed by atoms with E-state index in [0.29, 0.717) is 42.1 Å². The molecule has 0 spiro atoms. The SMILES string of the molecule is CCOc1cc(C2C(C#N)=C(N)OC3=C2C(=O)CC(C)(C)C3)ccc1O. The Hall–Kier alpha value is -2.94. The quantitative estimate of drug-likeness (QED) is 0.863. The van der Waals surface area contributed by atoms with Crippen LogP contribution in [0.3, 0.4) is 0 Å². The first-order valence-corrected chi connectivity index (χ1v) is 8.57. The van der Waals surface area contributed by atoms with Crippen LogP contribution in [-0.2, 0) is 9.53 Å². The summed E-state index contributed by atoms with van der Waals surface area (Å²) in [7, 11) is 0. The van der Waals surface area contributed by atoms with Gasteiger partial charge in [-0.1, -0.05) is 19.9 Å². The van der Waals surface area contributed by atoms with E-state index in [1.165, 1.54) is 6.07 Å². The molecule has 0 fully saturated rings. The van der Waals surface area contributed by atoms with E-state index in [4.69, 9.17) is 15.2 Å². The number of ether oxygens (including phenoxy) is 2. The van der Waals surface area contributed by atoms with Crippen molar-refractivity contribution >= 4 is 5.78 Å². The van der Waals surface area contributed by atoms with Gasteiger partial charge in [0.05, 0.1) is 12.5 Å². The van der Waals surface area contributed by atoms with E-state index >= 15 is 0 Å². The summed E-state index contributed by atoms with van der Waals surface area (Å²) in [4.78, 5) is 12.9. The topological polar surface area (TPSA) is 106 Å². The first-order chi connectivity index (χ1) is 12.3. The van der Waals surface area contributed by atoms with Gasteiger partial charge in [-0.15, -0.1) is 0 Å². The van der Waals surface area contributed by atoms with Crippen LogP contribution in [0.2, 0.25) is 0 Å². The lowest BCUT2D eigenvalue weighted by Gasteiger charge is -2.37. The van der Waals surface area contributed by atoms with Gasteiger partial charge >= 0.3 is 0 Å². The molecule has 1 aromatic rings. The second-order valence-corrected chi connectivity index (χ2v) is 7.36. The van der Waals surface area contributed by atoms with Gasteiger partial charge in [0.2, 0.25) is 5.88 Å². The number of rotatable bonds is 3. The normalized spacial score (nSPS) is 21.8. The molecule has 1 unspecified atom stereocenters. The molecule has 1 aromatic carbocycles. The Kier molecular flexibility index (Phi) is 4.41. The number of allylic oxidation sites excluding steroid dienone is 3. The molecule has 1 aliphatic heterocycles. The lowest BCUT2D eigenvalue weighted by Crippen LogP contribution is -2.33. The van der Waals surface area contributed by atoms with Crippen LogP contribution in [0.15, 0.2) is 41.0 Å². The number of nitrogens with two attached hydrogens (primary N) is 1. The molecule has 0 saturated carbocycles. The molecule has 1 heterocycles. The number of ketones is 1. The number of phenols is 1. The maximum atomic E-state index is 12.9. The maximum absolute atomic E-state index is 12.9. The first kappa shape index (κ1) is 17.9. The molecule has 0 saturated heterocycles. The predicted octanol–water partition coefficient (Wildman–Crippen LogP) is 3.24. The minimum atomic E-state index is -0.618. The average molecular weight is 354 g/mol. The van der Waals surface area contributed by atoms with E-state index in [-0.39, 0.29) is 28.4 Å². The zero-order valence-corrected chi connectivity index (χ0v) is 15.1. The van der Waals surface area contributed by atoms with Gasteiger partial charge in [0, 0.05) is 18.4 Å². The first-order valence-electron chi connectivity index (χ1n) is 8.57. The number of carbonyl (C=O) groups excluding carboxylic acids is 1. The van der Waals surface area contributed by atoms with Gasteiger partial charge in [-0.2, -0.15) is 5.26 Å². The Labute approximate surface area is 152 Å². The minimum absolute atomic E-state index is 0.00317. The van der Waals surface area contributed by atoms with Crippen LogP contribution >= 0.6 is 0 Å². The number of carbonyl (C=O) groups is 1. The number of aromatic hydroxyl groups is 1. The summed E-state index contributed by atoms with van der Waals surface area (Å²) in [5.74, 6) is 0.188.